The smallest absolute Gasteiger partial charge is 0.269 e. The van der Waals surface area contributed by atoms with Gasteiger partial charge in [0, 0.05) is 18.2 Å². The van der Waals surface area contributed by atoms with Gasteiger partial charge in [0.2, 0.25) is 0 Å². The van der Waals surface area contributed by atoms with Crippen LogP contribution >= 0.6 is 0 Å². The normalized spacial score (nSPS) is 25.4. The summed E-state index contributed by atoms with van der Waals surface area (Å²) in [6, 6.07) is 5.94. The zero-order valence-corrected chi connectivity index (χ0v) is 13.8. The Hall–Kier alpha value is -2.11. The Morgan fingerprint density at radius 1 is 1.30 bits per heavy atom. The Morgan fingerprint density at radius 2 is 1.96 bits per heavy atom. The van der Waals surface area contributed by atoms with E-state index in [1.54, 1.807) is 6.92 Å². The van der Waals surface area contributed by atoms with Gasteiger partial charge < -0.3 is 10.1 Å². The minimum atomic E-state index is -0.638. The van der Waals surface area contributed by atoms with E-state index in [1.165, 1.54) is 30.7 Å². The highest BCUT2D eigenvalue weighted by molar-refractivity contribution is 5.81. The van der Waals surface area contributed by atoms with Gasteiger partial charge in [0.25, 0.3) is 11.6 Å². The summed E-state index contributed by atoms with van der Waals surface area (Å²) in [5.41, 5.74) is -0.000488. The lowest BCUT2D eigenvalue weighted by molar-refractivity contribution is -0.384. The third-order valence-electron chi connectivity index (χ3n) is 4.76. The number of hydrogen-bond donors (Lipinski definition) is 1. The first kappa shape index (κ1) is 17.2. The van der Waals surface area contributed by atoms with E-state index < -0.39 is 11.0 Å². The second-order valence-electron chi connectivity index (χ2n) is 6.39. The molecule has 0 spiro atoms. The maximum atomic E-state index is 12.3. The second-order valence-corrected chi connectivity index (χ2v) is 6.39. The first-order valence-electron chi connectivity index (χ1n) is 8.10. The molecule has 2 rings (SSSR count). The van der Waals surface area contributed by atoms with Gasteiger partial charge in [-0.3, -0.25) is 14.9 Å². The highest BCUT2D eigenvalue weighted by Gasteiger charge is 2.29. The van der Waals surface area contributed by atoms with Crippen molar-refractivity contribution in [2.75, 3.05) is 0 Å². The fourth-order valence-corrected chi connectivity index (χ4v) is 2.99. The van der Waals surface area contributed by atoms with Gasteiger partial charge in [-0.2, -0.15) is 0 Å². The maximum absolute atomic E-state index is 12.3. The highest BCUT2D eigenvalue weighted by atomic mass is 16.6. The Labute approximate surface area is 136 Å². The Balaban J connectivity index is 1.90. The van der Waals surface area contributed by atoms with Crippen molar-refractivity contribution in [2.45, 2.75) is 52.2 Å². The van der Waals surface area contributed by atoms with Crippen LogP contribution in [0.5, 0.6) is 5.75 Å². The van der Waals surface area contributed by atoms with Crippen molar-refractivity contribution in [1.82, 2.24) is 5.32 Å². The number of nitrogens with one attached hydrogen (secondary N) is 1. The number of hydrogen-bond acceptors (Lipinski definition) is 4. The van der Waals surface area contributed by atoms with Crippen LogP contribution in [0.4, 0.5) is 5.69 Å². The van der Waals surface area contributed by atoms with Crippen LogP contribution in [-0.2, 0) is 4.79 Å². The number of non-ortho nitro benzene ring substituents is 1. The van der Waals surface area contributed by atoms with Crippen LogP contribution in [0.15, 0.2) is 24.3 Å². The lowest BCUT2D eigenvalue weighted by atomic mass is 9.78. The van der Waals surface area contributed by atoms with Crippen LogP contribution < -0.4 is 10.1 Å². The number of benzene rings is 1. The van der Waals surface area contributed by atoms with Gasteiger partial charge in [-0.1, -0.05) is 26.7 Å². The zero-order chi connectivity index (χ0) is 17.0. The topological polar surface area (TPSA) is 81.5 Å². The standard InChI is InChI=1S/C17H24N2O4/c1-11-5-4-6-16(12(11)2)18-17(20)13(3)23-15-9-7-14(8-10-15)19(21)22/h7-13,16H,4-6H2,1-3H3,(H,18,20)/t11-,12+,13+,16-/m1/s1. The van der Waals surface area contributed by atoms with Crippen molar-refractivity contribution in [1.29, 1.82) is 0 Å². The molecule has 0 unspecified atom stereocenters. The number of ether oxygens (including phenoxy) is 1. The molecule has 1 aliphatic carbocycles. The van der Waals surface area contributed by atoms with Gasteiger partial charge >= 0.3 is 0 Å². The van der Waals surface area contributed by atoms with E-state index in [2.05, 4.69) is 19.2 Å². The van der Waals surface area contributed by atoms with Crippen molar-refractivity contribution >= 4 is 11.6 Å². The van der Waals surface area contributed by atoms with E-state index in [1.807, 2.05) is 0 Å². The first-order valence-corrected chi connectivity index (χ1v) is 8.10. The number of nitro benzene ring substituents is 1. The summed E-state index contributed by atoms with van der Waals surface area (Å²) in [6.07, 6.45) is 2.71. The van der Waals surface area contributed by atoms with Crippen LogP contribution in [0.25, 0.3) is 0 Å². The number of amides is 1. The Kier molecular flexibility index (Phi) is 5.58. The van der Waals surface area contributed by atoms with Gasteiger partial charge in [0.1, 0.15) is 5.75 Å². The molecule has 6 heteroatoms. The maximum Gasteiger partial charge on any atom is 0.269 e. The molecule has 1 aromatic carbocycles. The molecule has 1 N–H and O–H groups in total. The molecule has 6 nitrogen and oxygen atoms in total. The largest absolute Gasteiger partial charge is 0.481 e. The van der Waals surface area contributed by atoms with Crippen molar-refractivity contribution in [3.05, 3.63) is 34.4 Å². The SMILES string of the molecule is C[C@H]1[C@H](C)CCC[C@H]1NC(=O)[C@H](C)Oc1ccc([N+](=O)[O-])cc1. The molecular formula is C17H24N2O4. The molecule has 1 saturated carbocycles. The van der Waals surface area contributed by atoms with Gasteiger partial charge in [0.15, 0.2) is 6.10 Å². The quantitative estimate of drug-likeness (QED) is 0.666. The fourth-order valence-electron chi connectivity index (χ4n) is 2.99. The predicted molar refractivity (Wildman–Crippen MR) is 87.3 cm³/mol. The lowest BCUT2D eigenvalue weighted by Gasteiger charge is -2.35. The molecule has 1 amide bonds. The van der Waals surface area contributed by atoms with Crippen molar-refractivity contribution in [2.24, 2.45) is 11.8 Å². The van der Waals surface area contributed by atoms with Crippen molar-refractivity contribution in [3.8, 4) is 5.75 Å². The molecule has 0 aromatic heterocycles. The molecule has 0 saturated heterocycles. The fraction of sp³-hybridized carbons (Fsp3) is 0.588. The van der Waals surface area contributed by atoms with Gasteiger partial charge in [-0.05, 0) is 37.3 Å². The molecule has 126 valence electrons. The monoisotopic (exact) mass is 320 g/mol. The number of nitrogens with zero attached hydrogens (tertiary/aromatic N) is 1. The van der Waals surface area contributed by atoms with E-state index in [0.29, 0.717) is 17.6 Å². The highest BCUT2D eigenvalue weighted by Crippen LogP contribution is 2.29. The first-order chi connectivity index (χ1) is 10.9. The molecule has 4 atom stereocenters. The van der Waals surface area contributed by atoms with Gasteiger partial charge in [0.05, 0.1) is 4.92 Å². The van der Waals surface area contributed by atoms with Crippen LogP contribution in [-0.4, -0.2) is 23.0 Å². The minimum Gasteiger partial charge on any atom is -0.481 e. The minimum absolute atomic E-state index is 0.000488. The van der Waals surface area contributed by atoms with Gasteiger partial charge in [-0.15, -0.1) is 0 Å². The van der Waals surface area contributed by atoms with Crippen LogP contribution in [0, 0.1) is 22.0 Å². The summed E-state index contributed by atoms with van der Waals surface area (Å²) in [7, 11) is 0. The van der Waals surface area contributed by atoms with Crippen molar-refractivity contribution < 1.29 is 14.5 Å². The molecule has 0 bridgehead atoms. The third-order valence-corrected chi connectivity index (χ3v) is 4.76. The summed E-state index contributed by atoms with van der Waals surface area (Å²) >= 11 is 0. The summed E-state index contributed by atoms with van der Waals surface area (Å²) in [5, 5.41) is 13.7. The Bertz CT molecular complexity index is 558. The van der Waals surface area contributed by atoms with Crippen LogP contribution in [0.1, 0.15) is 40.0 Å². The molecular weight excluding hydrogens is 296 g/mol. The van der Waals surface area contributed by atoms with Crippen LogP contribution in [0.2, 0.25) is 0 Å². The van der Waals surface area contributed by atoms with E-state index in [0.717, 1.165) is 12.8 Å². The average molecular weight is 320 g/mol. The van der Waals surface area contributed by atoms with Crippen LogP contribution in [0.3, 0.4) is 0 Å². The summed E-state index contributed by atoms with van der Waals surface area (Å²) in [5.74, 6) is 1.37. The van der Waals surface area contributed by atoms with E-state index in [4.69, 9.17) is 4.74 Å². The predicted octanol–water partition coefficient (Wildman–Crippen LogP) is 3.30. The molecule has 1 fully saturated rings. The van der Waals surface area contributed by atoms with Crippen molar-refractivity contribution in [3.63, 3.8) is 0 Å². The van der Waals surface area contributed by atoms with E-state index in [-0.39, 0.29) is 17.6 Å². The number of rotatable bonds is 5. The molecule has 0 heterocycles. The summed E-state index contributed by atoms with van der Waals surface area (Å²) in [6.45, 7) is 6.09. The number of carbonyl (C=O) groups is 1. The third kappa shape index (κ3) is 4.43. The van der Waals surface area contributed by atoms with E-state index in [9.17, 15) is 14.9 Å². The number of nitro groups is 1. The molecule has 1 aromatic rings. The van der Waals surface area contributed by atoms with E-state index >= 15 is 0 Å². The molecule has 1 aliphatic rings. The number of carbonyl (C=O) groups excluding carboxylic acids is 1. The average Bonchev–Trinajstić information content (AvgIpc) is 2.52. The second kappa shape index (κ2) is 7.44. The van der Waals surface area contributed by atoms with Gasteiger partial charge in [-0.25, -0.2) is 0 Å². The molecule has 0 radical (unpaired) electrons. The molecule has 23 heavy (non-hydrogen) atoms. The summed E-state index contributed by atoms with van der Waals surface area (Å²) in [4.78, 5) is 22.5. The summed E-state index contributed by atoms with van der Waals surface area (Å²) < 4.78 is 5.58. The zero-order valence-electron chi connectivity index (χ0n) is 13.8. The lowest BCUT2D eigenvalue weighted by Crippen LogP contribution is -2.48. The Morgan fingerprint density at radius 3 is 2.57 bits per heavy atom. The molecule has 0 aliphatic heterocycles.